The molecule has 0 saturated carbocycles. The maximum atomic E-state index is 12.2. The Balaban J connectivity index is 1.95. The number of hydrogen-bond donors (Lipinski definition) is 1. The molecule has 1 N–H and O–H groups in total. The maximum absolute atomic E-state index is 12.2. The summed E-state index contributed by atoms with van der Waals surface area (Å²) in [6.45, 7) is 1.80. The van der Waals surface area contributed by atoms with Crippen LogP contribution in [0.4, 0.5) is 0 Å². The van der Waals surface area contributed by atoms with Crippen molar-refractivity contribution in [3.8, 4) is 5.69 Å². The molecule has 2 aromatic rings. The Bertz CT molecular complexity index is 568. The van der Waals surface area contributed by atoms with Crippen LogP contribution in [-0.2, 0) is 0 Å². The molecule has 6 heteroatoms. The normalized spacial score (nSPS) is 19.9. The van der Waals surface area contributed by atoms with E-state index in [1.54, 1.807) is 0 Å². The Hall–Kier alpha value is -1.95. The first-order valence-electron chi connectivity index (χ1n) is 6.17. The zero-order valence-electron chi connectivity index (χ0n) is 9.99. The molecule has 1 aromatic carbocycles. The lowest BCUT2D eigenvalue weighted by molar-refractivity contribution is 0.334. The number of hydrogen-bond acceptors (Lipinski definition) is 4. The van der Waals surface area contributed by atoms with Crippen molar-refractivity contribution in [2.24, 2.45) is 0 Å². The average molecular weight is 245 g/mol. The highest BCUT2D eigenvalue weighted by molar-refractivity contribution is 5.28. The largest absolute Gasteiger partial charge is 0.368 e. The molecule has 6 nitrogen and oxygen atoms in total. The lowest BCUT2D eigenvalue weighted by Gasteiger charge is -2.21. The summed E-state index contributed by atoms with van der Waals surface area (Å²) in [6, 6.07) is 9.47. The third kappa shape index (κ3) is 1.95. The van der Waals surface area contributed by atoms with Crippen LogP contribution in [0.15, 0.2) is 35.1 Å². The summed E-state index contributed by atoms with van der Waals surface area (Å²) >= 11 is 0. The van der Waals surface area contributed by atoms with E-state index < -0.39 is 0 Å². The number of nitrogens with zero attached hydrogens (tertiary/aromatic N) is 4. The van der Waals surface area contributed by atoms with Crippen LogP contribution >= 0.6 is 0 Å². The molecule has 0 radical (unpaired) electrons. The number of rotatable bonds is 2. The maximum Gasteiger partial charge on any atom is 0.368 e. The van der Waals surface area contributed by atoms with Gasteiger partial charge in [0.2, 0.25) is 0 Å². The molecule has 1 fully saturated rings. The third-order valence-corrected chi connectivity index (χ3v) is 3.22. The van der Waals surface area contributed by atoms with Gasteiger partial charge in [-0.3, -0.25) is 0 Å². The molecule has 18 heavy (non-hydrogen) atoms. The second-order valence-corrected chi connectivity index (χ2v) is 4.45. The van der Waals surface area contributed by atoms with E-state index in [1.165, 1.54) is 9.36 Å². The SMILES string of the molecule is O=c1n(-c2ccccc2)nnn1[C@@H]1CCCNC1. The quantitative estimate of drug-likeness (QED) is 0.829. The van der Waals surface area contributed by atoms with Gasteiger partial charge in [0.1, 0.15) is 0 Å². The molecule has 0 unspecified atom stereocenters. The molecule has 2 heterocycles. The molecule has 94 valence electrons. The molecule has 1 aromatic heterocycles. The van der Waals surface area contributed by atoms with E-state index in [1.807, 2.05) is 30.3 Å². The van der Waals surface area contributed by atoms with E-state index >= 15 is 0 Å². The minimum absolute atomic E-state index is 0.115. The second kappa shape index (κ2) is 4.73. The number of aromatic nitrogens is 4. The molecular weight excluding hydrogens is 230 g/mol. The number of piperidine rings is 1. The summed E-state index contributed by atoms with van der Waals surface area (Å²) in [5.41, 5.74) is 0.576. The van der Waals surface area contributed by atoms with Crippen LogP contribution in [0.1, 0.15) is 18.9 Å². The van der Waals surface area contributed by atoms with Gasteiger partial charge in [-0.1, -0.05) is 18.2 Å². The molecule has 0 spiro atoms. The summed E-state index contributed by atoms with van der Waals surface area (Å²) in [6.07, 6.45) is 2.04. The van der Waals surface area contributed by atoms with Crippen molar-refractivity contribution in [3.05, 3.63) is 40.8 Å². The van der Waals surface area contributed by atoms with Crippen LogP contribution in [0, 0.1) is 0 Å². The van der Waals surface area contributed by atoms with E-state index in [2.05, 4.69) is 15.7 Å². The van der Waals surface area contributed by atoms with Gasteiger partial charge < -0.3 is 5.32 Å². The summed E-state index contributed by atoms with van der Waals surface area (Å²) < 4.78 is 2.83. The lowest BCUT2D eigenvalue weighted by atomic mass is 10.1. The van der Waals surface area contributed by atoms with Gasteiger partial charge in [-0.25, -0.2) is 4.79 Å². The summed E-state index contributed by atoms with van der Waals surface area (Å²) in [5.74, 6) is 0. The molecule has 3 rings (SSSR count). The standard InChI is InChI=1S/C12H15N5O/c18-12-16(10-5-2-1-3-6-10)14-15-17(12)11-7-4-8-13-9-11/h1-3,5-6,11,13H,4,7-9H2/t11-/m1/s1. The van der Waals surface area contributed by atoms with Gasteiger partial charge in [-0.2, -0.15) is 9.36 Å². The Morgan fingerprint density at radius 3 is 2.78 bits per heavy atom. The van der Waals surface area contributed by atoms with Gasteiger partial charge in [-0.15, -0.1) is 0 Å². The van der Waals surface area contributed by atoms with Gasteiger partial charge in [0, 0.05) is 6.54 Å². The number of para-hydroxylation sites is 1. The Kier molecular flexibility index (Phi) is 2.93. The zero-order valence-corrected chi connectivity index (χ0v) is 9.99. The zero-order chi connectivity index (χ0) is 12.4. The van der Waals surface area contributed by atoms with Gasteiger partial charge >= 0.3 is 5.69 Å². The van der Waals surface area contributed by atoms with Gasteiger partial charge in [0.25, 0.3) is 0 Å². The minimum Gasteiger partial charge on any atom is -0.315 e. The summed E-state index contributed by atoms with van der Waals surface area (Å²) in [4.78, 5) is 12.2. The number of nitrogens with one attached hydrogen (secondary N) is 1. The highest BCUT2D eigenvalue weighted by Gasteiger charge is 2.20. The fraction of sp³-hybridized carbons (Fsp3) is 0.417. The van der Waals surface area contributed by atoms with Crippen LogP contribution < -0.4 is 11.0 Å². The fourth-order valence-electron chi connectivity index (χ4n) is 2.26. The summed E-state index contributed by atoms with van der Waals surface area (Å²) in [5, 5.41) is 11.2. The van der Waals surface area contributed by atoms with E-state index in [0.717, 1.165) is 31.6 Å². The molecule has 0 amide bonds. The first-order valence-corrected chi connectivity index (χ1v) is 6.17. The first kappa shape index (κ1) is 11.2. The lowest BCUT2D eigenvalue weighted by Crippen LogP contribution is -2.37. The molecule has 1 aliphatic rings. The molecule has 1 saturated heterocycles. The van der Waals surface area contributed by atoms with Crippen LogP contribution in [0.3, 0.4) is 0 Å². The molecule has 1 atom stereocenters. The van der Waals surface area contributed by atoms with Crippen LogP contribution in [0.25, 0.3) is 5.69 Å². The van der Waals surface area contributed by atoms with E-state index in [4.69, 9.17) is 0 Å². The smallest absolute Gasteiger partial charge is 0.315 e. The van der Waals surface area contributed by atoms with Gasteiger partial charge in [0.15, 0.2) is 0 Å². The predicted molar refractivity (Wildman–Crippen MR) is 66.8 cm³/mol. The van der Waals surface area contributed by atoms with Crippen molar-refractivity contribution in [1.29, 1.82) is 0 Å². The van der Waals surface area contributed by atoms with E-state index in [0.29, 0.717) is 0 Å². The monoisotopic (exact) mass is 245 g/mol. The number of benzene rings is 1. The van der Waals surface area contributed by atoms with E-state index in [9.17, 15) is 4.79 Å². The van der Waals surface area contributed by atoms with Crippen molar-refractivity contribution in [2.45, 2.75) is 18.9 Å². The molecule has 0 aliphatic carbocycles. The Morgan fingerprint density at radius 2 is 2.06 bits per heavy atom. The fourth-order valence-corrected chi connectivity index (χ4v) is 2.26. The summed E-state index contributed by atoms with van der Waals surface area (Å²) in [7, 11) is 0. The first-order chi connectivity index (χ1) is 8.86. The number of tetrazole rings is 1. The highest BCUT2D eigenvalue weighted by atomic mass is 16.2. The van der Waals surface area contributed by atoms with Crippen molar-refractivity contribution in [2.75, 3.05) is 13.1 Å². The van der Waals surface area contributed by atoms with Crippen LogP contribution in [0.5, 0.6) is 0 Å². The van der Waals surface area contributed by atoms with Crippen molar-refractivity contribution in [3.63, 3.8) is 0 Å². The Morgan fingerprint density at radius 1 is 1.22 bits per heavy atom. The van der Waals surface area contributed by atoms with Gasteiger partial charge in [-0.05, 0) is 41.9 Å². The molecular formula is C12H15N5O. The van der Waals surface area contributed by atoms with Crippen molar-refractivity contribution < 1.29 is 0 Å². The predicted octanol–water partition coefficient (Wildman–Crippen LogP) is 0.353. The van der Waals surface area contributed by atoms with E-state index in [-0.39, 0.29) is 11.7 Å². The third-order valence-electron chi connectivity index (χ3n) is 3.22. The Labute approximate surface area is 104 Å². The molecule has 1 aliphatic heterocycles. The minimum atomic E-state index is -0.171. The van der Waals surface area contributed by atoms with Gasteiger partial charge in [0.05, 0.1) is 11.7 Å². The van der Waals surface area contributed by atoms with Crippen LogP contribution in [-0.4, -0.2) is 32.9 Å². The second-order valence-electron chi connectivity index (χ2n) is 4.45. The molecule has 0 bridgehead atoms. The average Bonchev–Trinajstić information content (AvgIpc) is 2.83. The topological polar surface area (TPSA) is 64.7 Å². The van der Waals surface area contributed by atoms with Crippen molar-refractivity contribution in [1.82, 2.24) is 25.1 Å². The van der Waals surface area contributed by atoms with Crippen molar-refractivity contribution >= 4 is 0 Å². The highest BCUT2D eigenvalue weighted by Crippen LogP contribution is 2.12. The van der Waals surface area contributed by atoms with Crippen LogP contribution in [0.2, 0.25) is 0 Å².